The van der Waals surface area contributed by atoms with Gasteiger partial charge in [-0.15, -0.1) is 0 Å². The molecule has 3 aliphatic carbocycles. The minimum absolute atomic E-state index is 0.0620. The fourth-order valence-corrected chi connectivity index (χ4v) is 7.10. The number of aliphatic hydroxyl groups is 2. The maximum absolute atomic E-state index is 13.6. The molecular formula is C26H46N2O4. The van der Waals surface area contributed by atoms with Crippen LogP contribution in [-0.4, -0.2) is 84.6 Å². The highest BCUT2D eigenvalue weighted by Gasteiger charge is 2.45. The van der Waals surface area contributed by atoms with E-state index in [4.69, 9.17) is 4.74 Å². The van der Waals surface area contributed by atoms with Crippen LogP contribution in [-0.2, 0) is 9.53 Å². The monoisotopic (exact) mass is 450 g/mol. The molecule has 4 aliphatic rings. The van der Waals surface area contributed by atoms with Gasteiger partial charge in [0.15, 0.2) is 0 Å². The van der Waals surface area contributed by atoms with Crippen LogP contribution in [0.5, 0.6) is 0 Å². The number of hydrogen-bond donors (Lipinski definition) is 2. The van der Waals surface area contributed by atoms with E-state index in [9.17, 15) is 15.0 Å². The van der Waals surface area contributed by atoms with E-state index >= 15 is 0 Å². The Labute approximate surface area is 194 Å². The lowest BCUT2D eigenvalue weighted by Gasteiger charge is -2.46. The Balaban J connectivity index is 1.35. The number of piperidine rings is 1. The van der Waals surface area contributed by atoms with Crippen LogP contribution in [0.25, 0.3) is 0 Å². The quantitative estimate of drug-likeness (QED) is 0.651. The molecule has 6 heteroatoms. The van der Waals surface area contributed by atoms with Gasteiger partial charge in [0, 0.05) is 39.1 Å². The molecule has 1 aliphatic heterocycles. The maximum atomic E-state index is 13.6. The summed E-state index contributed by atoms with van der Waals surface area (Å²) in [6.07, 6.45) is 10.1. The molecule has 1 heterocycles. The van der Waals surface area contributed by atoms with Crippen molar-refractivity contribution in [2.45, 2.75) is 88.9 Å². The van der Waals surface area contributed by atoms with Crippen LogP contribution in [0.2, 0.25) is 0 Å². The molecular weight excluding hydrogens is 404 g/mol. The third kappa shape index (κ3) is 6.05. The third-order valence-electron chi connectivity index (χ3n) is 8.80. The molecule has 4 rings (SSSR count). The molecule has 2 N–H and O–H groups in total. The lowest BCUT2D eigenvalue weighted by atomic mass is 9.70. The summed E-state index contributed by atoms with van der Waals surface area (Å²) < 4.78 is 6.27. The van der Waals surface area contributed by atoms with Crippen molar-refractivity contribution >= 4 is 5.91 Å². The molecule has 0 bridgehead atoms. The van der Waals surface area contributed by atoms with E-state index in [1.54, 1.807) is 0 Å². The van der Waals surface area contributed by atoms with Gasteiger partial charge >= 0.3 is 0 Å². The Bertz CT molecular complexity index is 609. The minimum atomic E-state index is -0.809. The third-order valence-corrected chi connectivity index (χ3v) is 8.80. The van der Waals surface area contributed by atoms with E-state index in [-0.39, 0.29) is 18.4 Å². The Morgan fingerprint density at radius 1 is 0.938 bits per heavy atom. The molecule has 4 fully saturated rings. The van der Waals surface area contributed by atoms with E-state index in [1.165, 1.54) is 57.9 Å². The van der Waals surface area contributed by atoms with E-state index in [0.29, 0.717) is 24.9 Å². The second-order valence-corrected chi connectivity index (χ2v) is 11.6. The summed E-state index contributed by atoms with van der Waals surface area (Å²) in [6, 6.07) is 0. The van der Waals surface area contributed by atoms with Crippen molar-refractivity contribution in [2.75, 3.05) is 40.3 Å². The fraction of sp³-hybridized carbons (Fsp3) is 0.962. The summed E-state index contributed by atoms with van der Waals surface area (Å²) in [7, 11) is 4.32. The SMILES string of the molecule is CN(C)CC1CCC2CN(C(=O)C3C(O)CC(O)CC3OCC3CCCCC3)CCC2C1. The molecule has 0 spiro atoms. The second-order valence-electron chi connectivity index (χ2n) is 11.6. The summed E-state index contributed by atoms with van der Waals surface area (Å²) in [5.74, 6) is 2.21. The summed E-state index contributed by atoms with van der Waals surface area (Å²) in [5, 5.41) is 21.1. The predicted molar refractivity (Wildman–Crippen MR) is 125 cm³/mol. The largest absolute Gasteiger partial charge is 0.393 e. The smallest absolute Gasteiger partial charge is 0.230 e. The van der Waals surface area contributed by atoms with Gasteiger partial charge in [-0.05, 0) is 76.3 Å². The number of hydrogen-bond acceptors (Lipinski definition) is 5. The maximum Gasteiger partial charge on any atom is 0.230 e. The standard InChI is InChI=1S/C26H46N2O4/c1-27(2)15-19-8-9-21-16-28(11-10-20(21)12-19)26(31)25-23(30)13-22(29)14-24(25)32-17-18-6-4-3-5-7-18/h18-25,29-30H,3-17H2,1-2H3. The molecule has 32 heavy (non-hydrogen) atoms. The first-order valence-corrected chi connectivity index (χ1v) is 13.3. The highest BCUT2D eigenvalue weighted by molar-refractivity contribution is 5.80. The zero-order chi connectivity index (χ0) is 22.7. The molecule has 7 unspecified atom stereocenters. The van der Waals surface area contributed by atoms with Crippen molar-refractivity contribution in [3.63, 3.8) is 0 Å². The van der Waals surface area contributed by atoms with Gasteiger partial charge in [-0.1, -0.05) is 19.3 Å². The molecule has 1 saturated heterocycles. The van der Waals surface area contributed by atoms with Crippen LogP contribution in [0.15, 0.2) is 0 Å². The zero-order valence-electron chi connectivity index (χ0n) is 20.3. The highest BCUT2D eigenvalue weighted by Crippen LogP contribution is 2.40. The van der Waals surface area contributed by atoms with E-state index in [0.717, 1.165) is 31.3 Å². The average Bonchev–Trinajstić information content (AvgIpc) is 2.77. The number of ether oxygens (including phenoxy) is 1. The first-order valence-electron chi connectivity index (χ1n) is 13.3. The van der Waals surface area contributed by atoms with Crippen molar-refractivity contribution in [2.24, 2.45) is 29.6 Å². The topological polar surface area (TPSA) is 73.2 Å². The first kappa shape index (κ1) is 24.4. The Morgan fingerprint density at radius 2 is 1.72 bits per heavy atom. The predicted octanol–water partition coefficient (Wildman–Crippen LogP) is 2.91. The van der Waals surface area contributed by atoms with Crippen molar-refractivity contribution in [3.8, 4) is 0 Å². The fourth-order valence-electron chi connectivity index (χ4n) is 7.10. The summed E-state index contributed by atoms with van der Waals surface area (Å²) in [6.45, 7) is 3.46. The van der Waals surface area contributed by atoms with Gasteiger partial charge < -0.3 is 24.7 Å². The number of carbonyl (C=O) groups is 1. The number of carbonyl (C=O) groups excluding carboxylic acids is 1. The molecule has 7 atom stereocenters. The van der Waals surface area contributed by atoms with Gasteiger partial charge in [0.1, 0.15) is 0 Å². The van der Waals surface area contributed by atoms with Crippen LogP contribution in [0.3, 0.4) is 0 Å². The van der Waals surface area contributed by atoms with Crippen molar-refractivity contribution in [1.29, 1.82) is 0 Å². The average molecular weight is 451 g/mol. The number of amides is 1. The lowest BCUT2D eigenvalue weighted by molar-refractivity contribution is -0.162. The van der Waals surface area contributed by atoms with Crippen LogP contribution < -0.4 is 0 Å². The molecule has 0 aromatic rings. The van der Waals surface area contributed by atoms with Gasteiger partial charge in [-0.2, -0.15) is 0 Å². The van der Waals surface area contributed by atoms with Crippen LogP contribution >= 0.6 is 0 Å². The first-order chi connectivity index (χ1) is 15.4. The molecule has 184 valence electrons. The Hall–Kier alpha value is -0.690. The van der Waals surface area contributed by atoms with E-state index < -0.39 is 18.1 Å². The second kappa shape index (κ2) is 11.2. The number of fused-ring (bicyclic) bond motifs is 1. The number of nitrogens with zero attached hydrogens (tertiary/aromatic N) is 2. The lowest BCUT2D eigenvalue weighted by Crippen LogP contribution is -2.55. The highest BCUT2D eigenvalue weighted by atomic mass is 16.5. The Kier molecular flexibility index (Phi) is 8.52. The van der Waals surface area contributed by atoms with Crippen molar-refractivity contribution in [3.05, 3.63) is 0 Å². The van der Waals surface area contributed by atoms with Gasteiger partial charge in [0.05, 0.1) is 24.2 Å². The van der Waals surface area contributed by atoms with Gasteiger partial charge in [-0.3, -0.25) is 4.79 Å². The van der Waals surface area contributed by atoms with Crippen LogP contribution in [0.4, 0.5) is 0 Å². The van der Waals surface area contributed by atoms with Crippen molar-refractivity contribution < 1.29 is 19.7 Å². The molecule has 0 aromatic heterocycles. The minimum Gasteiger partial charge on any atom is -0.393 e. The van der Waals surface area contributed by atoms with Gasteiger partial charge in [0.2, 0.25) is 5.91 Å². The van der Waals surface area contributed by atoms with Crippen LogP contribution in [0.1, 0.15) is 70.6 Å². The zero-order valence-corrected chi connectivity index (χ0v) is 20.3. The van der Waals surface area contributed by atoms with Gasteiger partial charge in [0.25, 0.3) is 0 Å². The molecule has 0 aromatic carbocycles. The molecule has 6 nitrogen and oxygen atoms in total. The normalized spacial score (nSPS) is 39.2. The Morgan fingerprint density at radius 3 is 2.47 bits per heavy atom. The van der Waals surface area contributed by atoms with Crippen LogP contribution in [0, 0.1) is 29.6 Å². The number of aliphatic hydroxyl groups excluding tert-OH is 2. The van der Waals surface area contributed by atoms with E-state index in [2.05, 4.69) is 19.0 Å². The summed E-state index contributed by atoms with van der Waals surface area (Å²) in [4.78, 5) is 17.9. The number of likely N-dealkylation sites (tertiary alicyclic amines) is 1. The number of rotatable bonds is 6. The summed E-state index contributed by atoms with van der Waals surface area (Å²) >= 11 is 0. The summed E-state index contributed by atoms with van der Waals surface area (Å²) in [5.41, 5.74) is 0. The molecule has 0 radical (unpaired) electrons. The van der Waals surface area contributed by atoms with Gasteiger partial charge in [-0.25, -0.2) is 0 Å². The van der Waals surface area contributed by atoms with E-state index in [1.807, 2.05) is 4.90 Å². The molecule has 3 saturated carbocycles. The van der Waals surface area contributed by atoms with Crippen molar-refractivity contribution in [1.82, 2.24) is 9.80 Å². The molecule has 1 amide bonds.